The minimum absolute atomic E-state index is 0.195. The third-order valence-electron chi connectivity index (χ3n) is 3.51. The fourth-order valence-corrected chi connectivity index (χ4v) is 3.76. The molecule has 0 bridgehead atoms. The number of nitrogens with zero attached hydrogens (tertiary/aromatic N) is 3. The average Bonchev–Trinajstić information content (AvgIpc) is 3.09. The molecule has 0 aliphatic carbocycles. The number of hydrogen-bond donors (Lipinski definition) is 0. The Bertz CT molecular complexity index is 571. The van der Waals surface area contributed by atoms with Crippen molar-refractivity contribution in [2.45, 2.75) is 6.42 Å². The van der Waals surface area contributed by atoms with Crippen LogP contribution in [-0.2, 0) is 11.2 Å². The Balaban J connectivity index is 1.62. The van der Waals surface area contributed by atoms with Gasteiger partial charge in [0.05, 0.1) is 12.1 Å². The average molecular weight is 307 g/mol. The quantitative estimate of drug-likeness (QED) is 0.872. The molecule has 6 heteroatoms. The number of rotatable bonds is 3. The van der Waals surface area contributed by atoms with E-state index in [-0.39, 0.29) is 5.91 Å². The molecule has 1 amide bonds. The highest BCUT2D eigenvalue weighted by Gasteiger charge is 2.20. The van der Waals surface area contributed by atoms with Gasteiger partial charge in [-0.2, -0.15) is 11.3 Å². The molecule has 4 nitrogen and oxygen atoms in total. The first-order chi connectivity index (χ1) is 9.72. The molecular weight excluding hydrogens is 290 g/mol. The van der Waals surface area contributed by atoms with E-state index in [1.165, 1.54) is 0 Å². The highest BCUT2D eigenvalue weighted by Crippen LogP contribution is 2.25. The number of amides is 1. The summed E-state index contributed by atoms with van der Waals surface area (Å²) in [4.78, 5) is 21.0. The van der Waals surface area contributed by atoms with Crippen LogP contribution in [0.1, 0.15) is 5.69 Å². The Kier molecular flexibility index (Phi) is 4.14. The van der Waals surface area contributed by atoms with E-state index in [2.05, 4.69) is 28.4 Å². The SMILES string of the molecule is CN1CCN(C(=O)Cc2csc(-c3ccsc3)n2)CC1. The molecule has 0 saturated carbocycles. The maximum Gasteiger partial charge on any atom is 0.228 e. The minimum Gasteiger partial charge on any atom is -0.340 e. The minimum atomic E-state index is 0.195. The highest BCUT2D eigenvalue weighted by atomic mass is 32.1. The first-order valence-corrected chi connectivity index (χ1v) is 8.48. The van der Waals surface area contributed by atoms with E-state index in [1.54, 1.807) is 22.7 Å². The second kappa shape index (κ2) is 6.03. The first kappa shape index (κ1) is 13.7. The van der Waals surface area contributed by atoms with E-state index in [1.807, 2.05) is 15.7 Å². The summed E-state index contributed by atoms with van der Waals surface area (Å²) in [5, 5.41) is 7.14. The molecule has 2 aromatic rings. The van der Waals surface area contributed by atoms with Crippen molar-refractivity contribution in [3.05, 3.63) is 27.9 Å². The van der Waals surface area contributed by atoms with Gasteiger partial charge in [0.25, 0.3) is 0 Å². The maximum absolute atomic E-state index is 12.2. The van der Waals surface area contributed by atoms with Gasteiger partial charge in [-0.25, -0.2) is 4.98 Å². The summed E-state index contributed by atoms with van der Waals surface area (Å²) in [6.45, 7) is 3.58. The standard InChI is InChI=1S/C14H17N3OS2/c1-16-3-5-17(6-4-16)13(18)8-12-10-20-14(15-12)11-2-7-19-9-11/h2,7,9-10H,3-6,8H2,1H3. The van der Waals surface area contributed by atoms with Crippen LogP contribution in [-0.4, -0.2) is 53.9 Å². The van der Waals surface area contributed by atoms with Crippen molar-refractivity contribution in [1.29, 1.82) is 0 Å². The molecular formula is C14H17N3OS2. The number of carbonyl (C=O) groups excluding carboxylic acids is 1. The summed E-state index contributed by atoms with van der Waals surface area (Å²) in [5.74, 6) is 0.195. The Labute approximate surface area is 126 Å². The summed E-state index contributed by atoms with van der Waals surface area (Å²) in [6.07, 6.45) is 0.421. The highest BCUT2D eigenvalue weighted by molar-refractivity contribution is 7.14. The Morgan fingerprint density at radius 3 is 2.80 bits per heavy atom. The lowest BCUT2D eigenvalue weighted by Crippen LogP contribution is -2.47. The molecule has 1 fully saturated rings. The molecule has 2 aromatic heterocycles. The Hall–Kier alpha value is -1.24. The summed E-state index contributed by atoms with van der Waals surface area (Å²) in [6, 6.07) is 2.07. The molecule has 0 unspecified atom stereocenters. The van der Waals surface area contributed by atoms with Gasteiger partial charge in [-0.3, -0.25) is 4.79 Å². The van der Waals surface area contributed by atoms with Gasteiger partial charge in [-0.05, 0) is 18.5 Å². The third kappa shape index (κ3) is 3.08. The van der Waals surface area contributed by atoms with Crippen LogP contribution < -0.4 is 0 Å². The first-order valence-electron chi connectivity index (χ1n) is 6.65. The molecule has 106 valence electrons. The van der Waals surface area contributed by atoms with Crippen molar-refractivity contribution < 1.29 is 4.79 Å². The summed E-state index contributed by atoms with van der Waals surface area (Å²) >= 11 is 3.28. The fourth-order valence-electron chi connectivity index (χ4n) is 2.23. The van der Waals surface area contributed by atoms with Gasteiger partial charge < -0.3 is 9.80 Å². The summed E-state index contributed by atoms with van der Waals surface area (Å²) in [7, 11) is 2.09. The van der Waals surface area contributed by atoms with Crippen LogP contribution in [0.3, 0.4) is 0 Å². The van der Waals surface area contributed by atoms with Crippen molar-refractivity contribution in [3.8, 4) is 10.6 Å². The predicted molar refractivity (Wildman–Crippen MR) is 83.2 cm³/mol. The largest absolute Gasteiger partial charge is 0.340 e. The molecule has 0 spiro atoms. The second-order valence-corrected chi connectivity index (χ2v) is 6.65. The number of aromatic nitrogens is 1. The molecule has 0 N–H and O–H groups in total. The van der Waals surface area contributed by atoms with Crippen molar-refractivity contribution in [2.75, 3.05) is 33.2 Å². The van der Waals surface area contributed by atoms with Crippen LogP contribution in [0.25, 0.3) is 10.6 Å². The smallest absolute Gasteiger partial charge is 0.228 e. The number of thiazole rings is 1. The van der Waals surface area contributed by atoms with Crippen LogP contribution in [0, 0.1) is 0 Å². The summed E-state index contributed by atoms with van der Waals surface area (Å²) in [5.41, 5.74) is 2.04. The Morgan fingerprint density at radius 1 is 1.30 bits per heavy atom. The predicted octanol–water partition coefficient (Wildman–Crippen LogP) is 2.19. The van der Waals surface area contributed by atoms with Crippen LogP contribution in [0.4, 0.5) is 0 Å². The van der Waals surface area contributed by atoms with E-state index in [0.29, 0.717) is 6.42 Å². The van der Waals surface area contributed by atoms with Gasteiger partial charge in [-0.1, -0.05) is 0 Å². The molecule has 0 aromatic carbocycles. The van der Waals surface area contributed by atoms with Crippen molar-refractivity contribution >= 4 is 28.6 Å². The lowest BCUT2D eigenvalue weighted by atomic mass is 10.2. The fraction of sp³-hybridized carbons (Fsp3) is 0.429. The summed E-state index contributed by atoms with van der Waals surface area (Å²) < 4.78 is 0. The van der Waals surface area contributed by atoms with Gasteiger partial charge in [0.2, 0.25) is 5.91 Å². The van der Waals surface area contributed by atoms with E-state index in [0.717, 1.165) is 42.4 Å². The maximum atomic E-state index is 12.2. The molecule has 3 heterocycles. The Morgan fingerprint density at radius 2 is 2.10 bits per heavy atom. The van der Waals surface area contributed by atoms with E-state index < -0.39 is 0 Å². The third-order valence-corrected chi connectivity index (χ3v) is 5.13. The van der Waals surface area contributed by atoms with Crippen molar-refractivity contribution in [1.82, 2.24) is 14.8 Å². The van der Waals surface area contributed by atoms with Gasteiger partial charge in [0, 0.05) is 42.5 Å². The number of likely N-dealkylation sites (N-methyl/N-ethyl adjacent to an activating group) is 1. The monoisotopic (exact) mass is 307 g/mol. The normalized spacial score (nSPS) is 16.6. The zero-order valence-electron chi connectivity index (χ0n) is 11.4. The number of thiophene rings is 1. The molecule has 1 saturated heterocycles. The van der Waals surface area contributed by atoms with Gasteiger partial charge in [0.15, 0.2) is 0 Å². The topological polar surface area (TPSA) is 36.4 Å². The lowest BCUT2D eigenvalue weighted by Gasteiger charge is -2.32. The molecule has 0 atom stereocenters. The lowest BCUT2D eigenvalue weighted by molar-refractivity contribution is -0.132. The van der Waals surface area contributed by atoms with E-state index in [4.69, 9.17) is 0 Å². The van der Waals surface area contributed by atoms with Gasteiger partial charge in [0.1, 0.15) is 5.01 Å². The molecule has 1 aliphatic heterocycles. The second-order valence-electron chi connectivity index (χ2n) is 5.02. The zero-order valence-corrected chi connectivity index (χ0v) is 13.0. The molecule has 3 rings (SSSR count). The van der Waals surface area contributed by atoms with Gasteiger partial charge in [-0.15, -0.1) is 11.3 Å². The molecule has 0 radical (unpaired) electrons. The van der Waals surface area contributed by atoms with Crippen LogP contribution >= 0.6 is 22.7 Å². The molecule has 1 aliphatic rings. The van der Waals surface area contributed by atoms with E-state index >= 15 is 0 Å². The van der Waals surface area contributed by atoms with Crippen LogP contribution in [0.2, 0.25) is 0 Å². The van der Waals surface area contributed by atoms with E-state index in [9.17, 15) is 4.79 Å². The van der Waals surface area contributed by atoms with Crippen LogP contribution in [0.5, 0.6) is 0 Å². The zero-order chi connectivity index (χ0) is 13.9. The van der Waals surface area contributed by atoms with Crippen molar-refractivity contribution in [2.24, 2.45) is 0 Å². The number of piperazine rings is 1. The van der Waals surface area contributed by atoms with Crippen LogP contribution in [0.15, 0.2) is 22.2 Å². The van der Waals surface area contributed by atoms with Crippen molar-refractivity contribution in [3.63, 3.8) is 0 Å². The number of carbonyl (C=O) groups is 1. The number of hydrogen-bond acceptors (Lipinski definition) is 5. The molecule has 20 heavy (non-hydrogen) atoms. The van der Waals surface area contributed by atoms with Gasteiger partial charge >= 0.3 is 0 Å².